The molecule has 138 valence electrons. The van der Waals surface area contributed by atoms with Crippen LogP contribution in [0.5, 0.6) is 0 Å². The molecular formula is C20H19N3O2S2. The van der Waals surface area contributed by atoms with Gasteiger partial charge in [-0.25, -0.2) is 0 Å². The number of hydrogen-bond donors (Lipinski definition) is 1. The van der Waals surface area contributed by atoms with Crippen LogP contribution in [0.2, 0.25) is 0 Å². The summed E-state index contributed by atoms with van der Waals surface area (Å²) in [5.74, 6) is -0.207. The lowest BCUT2D eigenvalue weighted by molar-refractivity contribution is -0.122. The molecule has 0 saturated carbocycles. The van der Waals surface area contributed by atoms with Gasteiger partial charge in [0.25, 0.3) is 5.91 Å². The number of thioether (sulfide) groups is 1. The van der Waals surface area contributed by atoms with Crippen LogP contribution >= 0.6 is 24.0 Å². The zero-order valence-corrected chi connectivity index (χ0v) is 16.5. The van der Waals surface area contributed by atoms with Gasteiger partial charge in [0.05, 0.1) is 16.8 Å². The summed E-state index contributed by atoms with van der Waals surface area (Å²) in [5, 5.41) is 2.78. The van der Waals surface area contributed by atoms with Gasteiger partial charge in [-0.2, -0.15) is 0 Å². The van der Waals surface area contributed by atoms with E-state index in [4.69, 9.17) is 12.2 Å². The number of hydrogen-bond acceptors (Lipinski definition) is 5. The number of thiocarbonyl (C=S) groups is 1. The van der Waals surface area contributed by atoms with Gasteiger partial charge in [-0.05, 0) is 37.1 Å². The fourth-order valence-electron chi connectivity index (χ4n) is 2.56. The SMILES string of the molecule is Cc1ccc(/C=C2\SC(=S)N(CCCC(=O)Nc3cccnc3)C2=O)cc1. The second kappa shape index (κ2) is 8.92. The summed E-state index contributed by atoms with van der Waals surface area (Å²) >= 11 is 6.64. The number of carbonyl (C=O) groups excluding carboxylic acids is 2. The van der Waals surface area contributed by atoms with Crippen molar-refractivity contribution in [3.05, 3.63) is 64.8 Å². The van der Waals surface area contributed by atoms with Gasteiger partial charge in [-0.15, -0.1) is 0 Å². The van der Waals surface area contributed by atoms with Crippen molar-refractivity contribution in [2.24, 2.45) is 0 Å². The molecule has 2 amide bonds. The second-order valence-electron chi connectivity index (χ2n) is 6.14. The highest BCUT2D eigenvalue weighted by atomic mass is 32.2. The van der Waals surface area contributed by atoms with Crippen LogP contribution in [0.15, 0.2) is 53.7 Å². The van der Waals surface area contributed by atoms with E-state index in [0.29, 0.717) is 34.3 Å². The van der Waals surface area contributed by atoms with Crippen LogP contribution in [-0.2, 0) is 9.59 Å². The van der Waals surface area contributed by atoms with Crippen molar-refractivity contribution in [1.29, 1.82) is 0 Å². The lowest BCUT2D eigenvalue weighted by atomic mass is 10.1. The zero-order chi connectivity index (χ0) is 19.2. The van der Waals surface area contributed by atoms with E-state index in [0.717, 1.165) is 5.56 Å². The highest BCUT2D eigenvalue weighted by Crippen LogP contribution is 2.32. The molecule has 1 aromatic carbocycles. The topological polar surface area (TPSA) is 62.3 Å². The number of pyridine rings is 1. The minimum Gasteiger partial charge on any atom is -0.325 e. The van der Waals surface area contributed by atoms with Crippen LogP contribution in [-0.4, -0.2) is 32.6 Å². The van der Waals surface area contributed by atoms with Crippen molar-refractivity contribution in [3.8, 4) is 0 Å². The summed E-state index contributed by atoms with van der Waals surface area (Å²) in [4.78, 5) is 30.7. The molecule has 2 aromatic rings. The largest absolute Gasteiger partial charge is 0.325 e. The van der Waals surface area contributed by atoms with Crippen molar-refractivity contribution in [2.45, 2.75) is 19.8 Å². The first-order valence-electron chi connectivity index (χ1n) is 8.55. The van der Waals surface area contributed by atoms with Crippen LogP contribution in [0, 0.1) is 6.92 Å². The third kappa shape index (κ3) is 5.24. The molecule has 1 saturated heterocycles. The molecule has 2 heterocycles. The van der Waals surface area contributed by atoms with Gasteiger partial charge in [0.15, 0.2) is 0 Å². The normalized spacial score (nSPS) is 15.4. The highest BCUT2D eigenvalue weighted by Gasteiger charge is 2.31. The molecule has 0 unspecified atom stereocenters. The van der Waals surface area contributed by atoms with Gasteiger partial charge in [-0.3, -0.25) is 19.5 Å². The second-order valence-corrected chi connectivity index (χ2v) is 7.81. The number of anilines is 1. The average Bonchev–Trinajstić information content (AvgIpc) is 2.92. The maximum absolute atomic E-state index is 12.6. The van der Waals surface area contributed by atoms with Crippen LogP contribution < -0.4 is 5.32 Å². The van der Waals surface area contributed by atoms with E-state index in [1.807, 2.05) is 37.3 Å². The first-order valence-corrected chi connectivity index (χ1v) is 9.77. The van der Waals surface area contributed by atoms with E-state index in [-0.39, 0.29) is 11.8 Å². The molecule has 5 nitrogen and oxygen atoms in total. The quantitative estimate of drug-likeness (QED) is 0.589. The average molecular weight is 398 g/mol. The molecule has 3 rings (SSSR count). The molecule has 7 heteroatoms. The summed E-state index contributed by atoms with van der Waals surface area (Å²) in [6.07, 6.45) is 5.94. The molecule has 0 spiro atoms. The summed E-state index contributed by atoms with van der Waals surface area (Å²) in [6, 6.07) is 11.5. The Morgan fingerprint density at radius 3 is 2.78 bits per heavy atom. The van der Waals surface area contributed by atoms with Gasteiger partial charge in [0, 0.05) is 19.2 Å². The maximum atomic E-state index is 12.6. The number of aryl methyl sites for hydroxylation is 1. The Bertz CT molecular complexity index is 880. The molecule has 1 aliphatic rings. The van der Waals surface area contributed by atoms with E-state index in [1.165, 1.54) is 17.3 Å². The Hall–Kier alpha value is -2.51. The molecule has 27 heavy (non-hydrogen) atoms. The maximum Gasteiger partial charge on any atom is 0.266 e. The van der Waals surface area contributed by atoms with Gasteiger partial charge < -0.3 is 5.32 Å². The Morgan fingerprint density at radius 2 is 2.07 bits per heavy atom. The molecule has 0 bridgehead atoms. The minimum absolute atomic E-state index is 0.0988. The molecule has 1 fully saturated rings. The monoisotopic (exact) mass is 397 g/mol. The number of nitrogens with one attached hydrogen (secondary N) is 1. The Labute approximate surface area is 167 Å². The van der Waals surface area contributed by atoms with Gasteiger partial charge in [-0.1, -0.05) is 53.8 Å². The highest BCUT2D eigenvalue weighted by molar-refractivity contribution is 8.26. The van der Waals surface area contributed by atoms with E-state index in [1.54, 1.807) is 29.4 Å². The molecular weight excluding hydrogens is 378 g/mol. The molecule has 1 N–H and O–H groups in total. The van der Waals surface area contributed by atoms with Crippen molar-refractivity contribution in [2.75, 3.05) is 11.9 Å². The first-order chi connectivity index (χ1) is 13.0. The molecule has 0 radical (unpaired) electrons. The summed E-state index contributed by atoms with van der Waals surface area (Å²) in [6.45, 7) is 2.45. The predicted molar refractivity (Wildman–Crippen MR) is 113 cm³/mol. The minimum atomic E-state index is -0.108. The first kappa shape index (κ1) is 19.3. The number of benzene rings is 1. The van der Waals surface area contributed by atoms with Crippen molar-refractivity contribution >= 4 is 51.9 Å². The molecule has 1 aliphatic heterocycles. The predicted octanol–water partition coefficient (Wildman–Crippen LogP) is 4.01. The fourth-order valence-corrected chi connectivity index (χ4v) is 3.87. The van der Waals surface area contributed by atoms with Crippen LogP contribution in [0.1, 0.15) is 24.0 Å². The lowest BCUT2D eigenvalue weighted by Crippen LogP contribution is -2.29. The number of amides is 2. The van der Waals surface area contributed by atoms with Crippen molar-refractivity contribution in [1.82, 2.24) is 9.88 Å². The summed E-state index contributed by atoms with van der Waals surface area (Å²) in [5.41, 5.74) is 2.80. The number of rotatable bonds is 6. The van der Waals surface area contributed by atoms with Crippen LogP contribution in [0.3, 0.4) is 0 Å². The summed E-state index contributed by atoms with van der Waals surface area (Å²) < 4.78 is 0.533. The lowest BCUT2D eigenvalue weighted by Gasteiger charge is -2.14. The zero-order valence-electron chi connectivity index (χ0n) is 14.8. The number of carbonyl (C=O) groups is 2. The molecule has 0 aliphatic carbocycles. The summed E-state index contributed by atoms with van der Waals surface area (Å²) in [7, 11) is 0. The Morgan fingerprint density at radius 1 is 1.30 bits per heavy atom. The van der Waals surface area contributed by atoms with Crippen LogP contribution in [0.25, 0.3) is 6.08 Å². The Kier molecular flexibility index (Phi) is 6.36. The van der Waals surface area contributed by atoms with Crippen LogP contribution in [0.4, 0.5) is 5.69 Å². The van der Waals surface area contributed by atoms with E-state index >= 15 is 0 Å². The number of aromatic nitrogens is 1. The van der Waals surface area contributed by atoms with E-state index in [2.05, 4.69) is 10.3 Å². The third-order valence-corrected chi connectivity index (χ3v) is 5.36. The van der Waals surface area contributed by atoms with Crippen molar-refractivity contribution in [3.63, 3.8) is 0 Å². The third-order valence-electron chi connectivity index (χ3n) is 3.98. The fraction of sp³-hybridized carbons (Fsp3) is 0.200. The molecule has 1 aromatic heterocycles. The van der Waals surface area contributed by atoms with Gasteiger partial charge in [0.2, 0.25) is 5.91 Å². The van der Waals surface area contributed by atoms with E-state index < -0.39 is 0 Å². The standard InChI is InChI=1S/C20H19N3O2S2/c1-14-6-8-15(9-7-14)12-17-19(25)23(20(26)27-17)11-3-5-18(24)22-16-4-2-10-21-13-16/h2,4,6-10,12-13H,3,5,11H2,1H3,(H,22,24)/b17-12-. The molecule has 0 atom stereocenters. The number of nitrogens with zero attached hydrogens (tertiary/aromatic N) is 2. The smallest absolute Gasteiger partial charge is 0.266 e. The van der Waals surface area contributed by atoms with Crippen molar-refractivity contribution < 1.29 is 9.59 Å². The Balaban J connectivity index is 1.53. The van der Waals surface area contributed by atoms with Gasteiger partial charge >= 0.3 is 0 Å². The van der Waals surface area contributed by atoms with Gasteiger partial charge in [0.1, 0.15) is 4.32 Å². The van der Waals surface area contributed by atoms with E-state index in [9.17, 15) is 9.59 Å².